The summed E-state index contributed by atoms with van der Waals surface area (Å²) in [6.45, 7) is 5.44. The van der Waals surface area contributed by atoms with Crippen molar-refractivity contribution >= 4 is 17.3 Å². The van der Waals surface area contributed by atoms with Crippen LogP contribution in [0.2, 0.25) is 0 Å². The first kappa shape index (κ1) is 16.2. The second-order valence-corrected chi connectivity index (χ2v) is 6.01. The van der Waals surface area contributed by atoms with Gasteiger partial charge in [0.1, 0.15) is 16.0 Å². The molecular weight excluding hydrogens is 309 g/mol. The third kappa shape index (κ3) is 3.53. The Balaban J connectivity index is 2.30. The lowest BCUT2D eigenvalue weighted by molar-refractivity contribution is -0.141. The Morgan fingerprint density at radius 1 is 1.52 bits per heavy atom. The quantitative estimate of drug-likeness (QED) is 0.926. The molecule has 1 aliphatic heterocycles. The highest BCUT2D eigenvalue weighted by molar-refractivity contribution is 7.13. The number of rotatable bonds is 3. The van der Waals surface area contributed by atoms with Crippen LogP contribution in [0.3, 0.4) is 0 Å². The average Bonchev–Trinajstić information content (AvgIpc) is 2.84. The fourth-order valence-electron chi connectivity index (χ4n) is 2.10. The zero-order valence-electron chi connectivity index (χ0n) is 11.5. The van der Waals surface area contributed by atoms with Gasteiger partial charge in [0.2, 0.25) is 0 Å². The maximum atomic E-state index is 12.8. The number of carboxylic acids is 1. The van der Waals surface area contributed by atoms with Gasteiger partial charge in [-0.2, -0.15) is 13.2 Å². The van der Waals surface area contributed by atoms with Gasteiger partial charge in [-0.25, -0.2) is 9.78 Å². The van der Waals surface area contributed by atoms with Crippen molar-refractivity contribution in [1.29, 1.82) is 0 Å². The van der Waals surface area contributed by atoms with Crippen LogP contribution in [0.1, 0.15) is 40.3 Å². The molecule has 0 bridgehead atoms. The first-order valence-electron chi connectivity index (χ1n) is 6.37. The van der Waals surface area contributed by atoms with Crippen LogP contribution in [0.25, 0.3) is 0 Å². The number of hydrogen-bond donors (Lipinski definition) is 1. The highest BCUT2D eigenvalue weighted by Crippen LogP contribution is 2.37. The van der Waals surface area contributed by atoms with Gasteiger partial charge in [0.25, 0.3) is 0 Å². The van der Waals surface area contributed by atoms with E-state index in [2.05, 4.69) is 9.88 Å². The number of hydrogen-bond acceptors (Lipinski definition) is 5. The minimum Gasteiger partial charge on any atom is -0.477 e. The number of aromatic nitrogens is 1. The van der Waals surface area contributed by atoms with E-state index >= 15 is 0 Å². The van der Waals surface area contributed by atoms with Crippen LogP contribution < -0.4 is 0 Å². The number of carbonyl (C=O) groups is 1. The number of thiazole rings is 1. The van der Waals surface area contributed by atoms with Gasteiger partial charge in [-0.15, -0.1) is 11.3 Å². The summed E-state index contributed by atoms with van der Waals surface area (Å²) in [7, 11) is 0. The average molecular weight is 324 g/mol. The Morgan fingerprint density at radius 2 is 2.19 bits per heavy atom. The van der Waals surface area contributed by atoms with E-state index in [1.165, 1.54) is 0 Å². The Hall–Kier alpha value is -1.19. The minimum absolute atomic E-state index is 0.0603. The Bertz CT molecular complexity index is 530. The van der Waals surface area contributed by atoms with Crippen LogP contribution in [-0.2, 0) is 10.9 Å². The van der Waals surface area contributed by atoms with Crippen LogP contribution in [-0.4, -0.2) is 46.7 Å². The summed E-state index contributed by atoms with van der Waals surface area (Å²) in [5, 5.41) is 8.96. The molecule has 21 heavy (non-hydrogen) atoms. The van der Waals surface area contributed by atoms with Crippen LogP contribution in [0.4, 0.5) is 13.2 Å². The highest BCUT2D eigenvalue weighted by Gasteiger charge is 2.41. The van der Waals surface area contributed by atoms with Crippen LogP contribution >= 0.6 is 11.3 Å². The van der Waals surface area contributed by atoms with Crippen molar-refractivity contribution in [1.82, 2.24) is 9.88 Å². The lowest BCUT2D eigenvalue weighted by Crippen LogP contribution is -2.42. The molecule has 1 N–H and O–H groups in total. The Labute approximate surface area is 123 Å². The van der Waals surface area contributed by atoms with Gasteiger partial charge in [-0.05, 0) is 13.8 Å². The van der Waals surface area contributed by atoms with Crippen molar-refractivity contribution < 1.29 is 27.8 Å². The van der Waals surface area contributed by atoms with Crippen LogP contribution in [0.5, 0.6) is 0 Å². The fraction of sp³-hybridized carbons (Fsp3) is 0.667. The molecule has 1 aliphatic rings. The summed E-state index contributed by atoms with van der Waals surface area (Å²) in [6.07, 6.45) is -5.41. The van der Waals surface area contributed by atoms with E-state index in [0.717, 1.165) is 0 Å². The number of nitrogens with zero attached hydrogens (tertiary/aromatic N) is 2. The topological polar surface area (TPSA) is 62.7 Å². The van der Waals surface area contributed by atoms with Crippen molar-refractivity contribution in [3.63, 3.8) is 0 Å². The monoisotopic (exact) mass is 324 g/mol. The van der Waals surface area contributed by atoms with Crippen molar-refractivity contribution in [3.05, 3.63) is 15.6 Å². The van der Waals surface area contributed by atoms with E-state index in [4.69, 9.17) is 9.84 Å². The molecule has 1 aromatic heterocycles. The number of morpholine rings is 1. The smallest absolute Gasteiger partial charge is 0.435 e. The predicted molar refractivity (Wildman–Crippen MR) is 69.5 cm³/mol. The first-order valence-corrected chi connectivity index (χ1v) is 7.18. The van der Waals surface area contributed by atoms with Crippen LogP contribution in [0, 0.1) is 0 Å². The normalized spacial score (nSPS) is 21.0. The number of aromatic carboxylic acids is 1. The van der Waals surface area contributed by atoms with Crippen molar-refractivity contribution in [2.45, 2.75) is 32.2 Å². The van der Waals surface area contributed by atoms with E-state index in [1.54, 1.807) is 0 Å². The molecule has 0 amide bonds. The van der Waals surface area contributed by atoms with E-state index in [1.807, 2.05) is 13.8 Å². The van der Waals surface area contributed by atoms with Gasteiger partial charge in [0, 0.05) is 19.1 Å². The van der Waals surface area contributed by atoms with Gasteiger partial charge in [0.15, 0.2) is 5.69 Å². The summed E-state index contributed by atoms with van der Waals surface area (Å²) in [5.41, 5.74) is -1.35. The van der Waals surface area contributed by atoms with Gasteiger partial charge in [-0.1, -0.05) is 0 Å². The molecule has 1 fully saturated rings. The van der Waals surface area contributed by atoms with Gasteiger partial charge in [-0.3, -0.25) is 4.90 Å². The van der Waals surface area contributed by atoms with E-state index < -0.39 is 28.8 Å². The summed E-state index contributed by atoms with van der Waals surface area (Å²) in [5.74, 6) is -1.62. The van der Waals surface area contributed by atoms with Crippen LogP contribution in [0.15, 0.2) is 0 Å². The van der Waals surface area contributed by atoms with Gasteiger partial charge in [0.05, 0.1) is 6.61 Å². The lowest BCUT2D eigenvalue weighted by atomic mass is 10.2. The molecule has 2 rings (SSSR count). The summed E-state index contributed by atoms with van der Waals surface area (Å²) in [6, 6.07) is 0.234. The largest absolute Gasteiger partial charge is 0.477 e. The molecule has 1 unspecified atom stereocenters. The molecular formula is C12H15F3N2O3S. The number of carboxylic acid groups (broad SMARTS) is 1. The standard InChI is InChI=1S/C12H15F3N2O3S/c1-6(2)17-3-4-20-7(5-17)10-16-9(12(13,14)15)8(21-10)11(18)19/h6-7H,3-5H2,1-2H3,(H,18,19). The Kier molecular flexibility index (Phi) is 4.54. The fourth-order valence-corrected chi connectivity index (χ4v) is 3.06. The van der Waals surface area contributed by atoms with Gasteiger partial charge < -0.3 is 9.84 Å². The third-order valence-corrected chi connectivity index (χ3v) is 4.35. The zero-order valence-corrected chi connectivity index (χ0v) is 12.3. The number of ether oxygens (including phenoxy) is 1. The SMILES string of the molecule is CC(C)N1CCOC(c2nc(C(F)(F)F)c(C(=O)O)s2)C1. The highest BCUT2D eigenvalue weighted by atomic mass is 32.1. The molecule has 118 valence electrons. The van der Waals surface area contributed by atoms with E-state index in [0.29, 0.717) is 31.0 Å². The van der Waals surface area contributed by atoms with E-state index in [9.17, 15) is 18.0 Å². The summed E-state index contributed by atoms with van der Waals surface area (Å²) >= 11 is 0.532. The molecule has 0 saturated carbocycles. The Morgan fingerprint density at radius 3 is 2.67 bits per heavy atom. The molecule has 1 atom stereocenters. The maximum Gasteiger partial charge on any atom is 0.435 e. The van der Waals surface area contributed by atoms with Crippen molar-refractivity contribution in [2.75, 3.05) is 19.7 Å². The van der Waals surface area contributed by atoms with Gasteiger partial charge >= 0.3 is 12.1 Å². The van der Waals surface area contributed by atoms with Crippen molar-refractivity contribution in [2.24, 2.45) is 0 Å². The molecule has 5 nitrogen and oxygen atoms in total. The maximum absolute atomic E-state index is 12.8. The number of halogens is 3. The first-order chi connectivity index (χ1) is 9.70. The lowest BCUT2D eigenvalue weighted by Gasteiger charge is -2.34. The minimum atomic E-state index is -4.78. The third-order valence-electron chi connectivity index (χ3n) is 3.21. The molecule has 1 aromatic rings. The molecule has 1 saturated heterocycles. The zero-order chi connectivity index (χ0) is 15.8. The molecule has 0 spiro atoms. The predicted octanol–water partition coefficient (Wildman–Crippen LogP) is 2.64. The molecule has 9 heteroatoms. The van der Waals surface area contributed by atoms with E-state index in [-0.39, 0.29) is 11.0 Å². The summed E-state index contributed by atoms with van der Waals surface area (Å²) in [4.78, 5) is 15.7. The molecule has 2 heterocycles. The second kappa shape index (κ2) is 5.90. The summed E-state index contributed by atoms with van der Waals surface area (Å²) < 4.78 is 43.9. The molecule has 0 aromatic carbocycles. The number of alkyl halides is 3. The van der Waals surface area contributed by atoms with Crippen molar-refractivity contribution in [3.8, 4) is 0 Å². The molecule has 0 aliphatic carbocycles. The molecule has 0 radical (unpaired) electrons. The second-order valence-electron chi connectivity index (χ2n) is 4.98.